The number of nitrogens with one attached hydrogen (secondary N) is 1. The molecule has 1 saturated heterocycles. The minimum Gasteiger partial charge on any atom is -0.377 e. The van der Waals surface area contributed by atoms with E-state index in [1.54, 1.807) is 0 Å². The summed E-state index contributed by atoms with van der Waals surface area (Å²) in [4.78, 5) is 11.8. The molecule has 98 valence electrons. The van der Waals surface area contributed by atoms with Gasteiger partial charge in [0, 0.05) is 12.0 Å². The molecule has 17 heavy (non-hydrogen) atoms. The SMILES string of the molecule is CC1(C(=O)NS(=O)(=O)CC2CCCO2)CCC1. The number of rotatable bonds is 4. The molecule has 1 heterocycles. The van der Waals surface area contributed by atoms with E-state index in [-0.39, 0.29) is 17.8 Å². The van der Waals surface area contributed by atoms with E-state index in [4.69, 9.17) is 4.74 Å². The van der Waals surface area contributed by atoms with Gasteiger partial charge in [0.15, 0.2) is 0 Å². The first-order chi connectivity index (χ1) is 7.91. The van der Waals surface area contributed by atoms with Crippen molar-refractivity contribution in [1.29, 1.82) is 0 Å². The van der Waals surface area contributed by atoms with Gasteiger partial charge in [0.1, 0.15) is 0 Å². The summed E-state index contributed by atoms with van der Waals surface area (Å²) in [5, 5.41) is 0. The fourth-order valence-electron chi connectivity index (χ4n) is 2.26. The molecule has 1 unspecified atom stereocenters. The molecule has 0 spiro atoms. The maximum atomic E-state index is 11.8. The van der Waals surface area contributed by atoms with Crippen molar-refractivity contribution in [3.8, 4) is 0 Å². The maximum absolute atomic E-state index is 11.8. The molecule has 2 aliphatic rings. The summed E-state index contributed by atoms with van der Waals surface area (Å²) in [7, 11) is -3.55. The van der Waals surface area contributed by atoms with E-state index in [1.807, 2.05) is 6.92 Å². The van der Waals surface area contributed by atoms with Gasteiger partial charge in [0.2, 0.25) is 15.9 Å². The summed E-state index contributed by atoms with van der Waals surface area (Å²) in [6, 6.07) is 0. The van der Waals surface area contributed by atoms with Gasteiger partial charge >= 0.3 is 0 Å². The number of hydrogen-bond donors (Lipinski definition) is 1. The predicted octanol–water partition coefficient (Wildman–Crippen LogP) is 0.802. The highest BCUT2D eigenvalue weighted by Crippen LogP contribution is 2.40. The van der Waals surface area contributed by atoms with Gasteiger partial charge in [0.05, 0.1) is 11.9 Å². The summed E-state index contributed by atoms with van der Waals surface area (Å²) in [6.07, 6.45) is 3.94. The van der Waals surface area contributed by atoms with Crippen LogP contribution in [0.2, 0.25) is 0 Å². The average Bonchev–Trinajstić information content (AvgIpc) is 2.64. The fourth-order valence-corrected chi connectivity index (χ4v) is 3.63. The third-order valence-electron chi connectivity index (χ3n) is 3.68. The largest absolute Gasteiger partial charge is 0.377 e. The Morgan fingerprint density at radius 3 is 2.59 bits per heavy atom. The van der Waals surface area contributed by atoms with E-state index in [2.05, 4.69) is 4.72 Å². The van der Waals surface area contributed by atoms with Crippen LogP contribution in [0.4, 0.5) is 0 Å². The van der Waals surface area contributed by atoms with E-state index in [0.29, 0.717) is 6.61 Å². The average molecular weight is 261 g/mol. The first-order valence-electron chi connectivity index (χ1n) is 6.08. The van der Waals surface area contributed by atoms with Crippen LogP contribution in [0.1, 0.15) is 39.0 Å². The van der Waals surface area contributed by atoms with Crippen LogP contribution < -0.4 is 4.72 Å². The summed E-state index contributed by atoms with van der Waals surface area (Å²) in [5.41, 5.74) is -0.483. The van der Waals surface area contributed by atoms with Crippen molar-refractivity contribution in [2.45, 2.75) is 45.1 Å². The van der Waals surface area contributed by atoms with Crippen molar-refractivity contribution >= 4 is 15.9 Å². The highest BCUT2D eigenvalue weighted by molar-refractivity contribution is 7.90. The molecule has 0 aromatic carbocycles. The standard InChI is InChI=1S/C11H19NO4S/c1-11(5-3-6-11)10(13)12-17(14,15)8-9-4-2-7-16-9/h9H,2-8H2,1H3,(H,12,13). The first kappa shape index (κ1) is 12.8. The van der Waals surface area contributed by atoms with Gasteiger partial charge < -0.3 is 4.74 Å². The van der Waals surface area contributed by atoms with Crippen molar-refractivity contribution in [3.05, 3.63) is 0 Å². The number of carbonyl (C=O) groups excluding carboxylic acids is 1. The van der Waals surface area contributed by atoms with Crippen LogP contribution in [0.3, 0.4) is 0 Å². The Kier molecular flexibility index (Phi) is 3.45. The Labute approximate surface area is 102 Å². The molecule has 0 aromatic rings. The van der Waals surface area contributed by atoms with E-state index < -0.39 is 15.4 Å². The van der Waals surface area contributed by atoms with E-state index in [0.717, 1.165) is 32.1 Å². The summed E-state index contributed by atoms with van der Waals surface area (Å²) < 4.78 is 31.0. The summed E-state index contributed by atoms with van der Waals surface area (Å²) in [6.45, 7) is 2.43. The van der Waals surface area contributed by atoms with Crippen molar-refractivity contribution in [1.82, 2.24) is 4.72 Å². The van der Waals surface area contributed by atoms with Crippen LogP contribution in [-0.4, -0.2) is 32.8 Å². The van der Waals surface area contributed by atoms with E-state index >= 15 is 0 Å². The smallest absolute Gasteiger partial charge is 0.239 e. The lowest BCUT2D eigenvalue weighted by molar-refractivity contribution is -0.132. The Hall–Kier alpha value is -0.620. The Bertz CT molecular complexity index is 394. The Morgan fingerprint density at radius 2 is 2.12 bits per heavy atom. The molecule has 2 fully saturated rings. The molecular weight excluding hydrogens is 242 g/mol. The number of carbonyl (C=O) groups is 1. The molecule has 1 amide bonds. The monoisotopic (exact) mass is 261 g/mol. The topological polar surface area (TPSA) is 72.5 Å². The third-order valence-corrected chi connectivity index (χ3v) is 4.99. The molecule has 0 bridgehead atoms. The van der Waals surface area contributed by atoms with Crippen LogP contribution >= 0.6 is 0 Å². The van der Waals surface area contributed by atoms with Gasteiger partial charge in [-0.1, -0.05) is 13.3 Å². The quantitative estimate of drug-likeness (QED) is 0.812. The van der Waals surface area contributed by atoms with Gasteiger partial charge in [-0.25, -0.2) is 8.42 Å². The van der Waals surface area contributed by atoms with Crippen molar-refractivity contribution in [2.24, 2.45) is 5.41 Å². The second-order valence-corrected chi connectivity index (χ2v) is 7.03. The molecule has 0 aromatic heterocycles. The van der Waals surface area contributed by atoms with Crippen LogP contribution in [0.15, 0.2) is 0 Å². The molecular formula is C11H19NO4S. The molecule has 2 rings (SSSR count). The van der Waals surface area contributed by atoms with Gasteiger partial charge in [-0.2, -0.15) is 0 Å². The highest BCUT2D eigenvalue weighted by atomic mass is 32.2. The lowest BCUT2D eigenvalue weighted by Crippen LogP contribution is -2.47. The summed E-state index contributed by atoms with van der Waals surface area (Å²) in [5.74, 6) is -0.462. The predicted molar refractivity (Wildman–Crippen MR) is 62.9 cm³/mol. The molecule has 1 N–H and O–H groups in total. The molecule has 1 aliphatic carbocycles. The van der Waals surface area contributed by atoms with Gasteiger partial charge in [-0.3, -0.25) is 9.52 Å². The number of amides is 1. The zero-order valence-corrected chi connectivity index (χ0v) is 10.9. The number of ether oxygens (including phenoxy) is 1. The van der Waals surface area contributed by atoms with Crippen LogP contribution in [-0.2, 0) is 19.6 Å². The van der Waals surface area contributed by atoms with Crippen molar-refractivity contribution < 1.29 is 17.9 Å². The minimum absolute atomic E-state index is 0.102. The van der Waals surface area contributed by atoms with Crippen molar-refractivity contribution in [2.75, 3.05) is 12.4 Å². The van der Waals surface area contributed by atoms with Crippen molar-refractivity contribution in [3.63, 3.8) is 0 Å². The highest BCUT2D eigenvalue weighted by Gasteiger charge is 2.41. The van der Waals surface area contributed by atoms with Crippen LogP contribution in [0.5, 0.6) is 0 Å². The first-order valence-corrected chi connectivity index (χ1v) is 7.73. The molecule has 6 heteroatoms. The maximum Gasteiger partial charge on any atom is 0.239 e. The Balaban J connectivity index is 1.90. The number of sulfonamides is 1. The summed E-state index contributed by atoms with van der Waals surface area (Å²) >= 11 is 0. The molecule has 1 saturated carbocycles. The molecule has 5 nitrogen and oxygen atoms in total. The fraction of sp³-hybridized carbons (Fsp3) is 0.909. The zero-order chi connectivity index (χ0) is 12.5. The lowest BCUT2D eigenvalue weighted by atomic mass is 9.70. The number of hydrogen-bond acceptors (Lipinski definition) is 4. The van der Waals surface area contributed by atoms with Crippen LogP contribution in [0.25, 0.3) is 0 Å². The van der Waals surface area contributed by atoms with Gasteiger partial charge in [-0.15, -0.1) is 0 Å². The van der Waals surface area contributed by atoms with E-state index in [1.165, 1.54) is 0 Å². The zero-order valence-electron chi connectivity index (χ0n) is 10.1. The van der Waals surface area contributed by atoms with E-state index in [9.17, 15) is 13.2 Å². The Morgan fingerprint density at radius 1 is 1.41 bits per heavy atom. The normalized spacial score (nSPS) is 27.5. The minimum atomic E-state index is -3.55. The second-order valence-electron chi connectivity index (χ2n) is 5.26. The second kappa shape index (κ2) is 4.57. The van der Waals surface area contributed by atoms with Gasteiger partial charge in [-0.05, 0) is 25.7 Å². The lowest BCUT2D eigenvalue weighted by Gasteiger charge is -2.36. The third kappa shape index (κ3) is 2.98. The van der Waals surface area contributed by atoms with Crippen LogP contribution in [0, 0.1) is 5.41 Å². The molecule has 1 atom stereocenters. The van der Waals surface area contributed by atoms with Gasteiger partial charge in [0.25, 0.3) is 0 Å². The molecule has 1 aliphatic heterocycles. The molecule has 0 radical (unpaired) electrons.